The molecule has 0 aliphatic carbocycles. The molecular weight excluding hydrogens is 204 g/mol. The number of aliphatic carboxylic acids is 1. The monoisotopic (exact) mass is 218 g/mol. The van der Waals surface area contributed by atoms with Crippen molar-refractivity contribution < 1.29 is 14.7 Å². The molecule has 1 saturated heterocycles. The highest BCUT2D eigenvalue weighted by Gasteiger charge is 2.33. The Hall–Kier alpha value is -0.750. The average Bonchev–Trinajstić information content (AvgIpc) is 2.16. The average molecular weight is 218 g/mol. The summed E-state index contributed by atoms with van der Waals surface area (Å²) in [6.07, 6.45) is 0. The molecule has 1 amide bonds. The van der Waals surface area contributed by atoms with E-state index < -0.39 is 24.0 Å². The molecule has 1 rings (SSSR count). The van der Waals surface area contributed by atoms with Crippen LogP contribution in [0.2, 0.25) is 0 Å². The summed E-state index contributed by atoms with van der Waals surface area (Å²) in [5, 5.41) is 8.93. The van der Waals surface area contributed by atoms with Crippen molar-refractivity contribution in [3.63, 3.8) is 0 Å². The molecule has 14 heavy (non-hydrogen) atoms. The fraction of sp³-hybridized carbons (Fsp3) is 0.750. The molecule has 1 fully saturated rings. The van der Waals surface area contributed by atoms with Gasteiger partial charge >= 0.3 is 5.97 Å². The Kier molecular flexibility index (Phi) is 3.77. The van der Waals surface area contributed by atoms with E-state index in [0.717, 1.165) is 5.75 Å². The molecule has 0 aromatic carbocycles. The van der Waals surface area contributed by atoms with E-state index >= 15 is 0 Å². The molecule has 6 heteroatoms. The van der Waals surface area contributed by atoms with Crippen molar-refractivity contribution in [2.75, 3.05) is 18.1 Å². The van der Waals surface area contributed by atoms with Gasteiger partial charge in [-0.2, -0.15) is 11.8 Å². The number of nitrogens with zero attached hydrogens (tertiary/aromatic N) is 1. The molecule has 1 heterocycles. The van der Waals surface area contributed by atoms with Crippen LogP contribution in [0.4, 0.5) is 0 Å². The normalized spacial score (nSPS) is 25.6. The van der Waals surface area contributed by atoms with Crippen LogP contribution < -0.4 is 5.73 Å². The molecule has 0 saturated carbocycles. The Balaban J connectivity index is 2.72. The first kappa shape index (κ1) is 11.3. The van der Waals surface area contributed by atoms with Gasteiger partial charge in [-0.3, -0.25) is 14.5 Å². The van der Waals surface area contributed by atoms with Crippen LogP contribution in [0.3, 0.4) is 0 Å². The smallest absolute Gasteiger partial charge is 0.321 e. The molecule has 0 aromatic heterocycles. The first-order chi connectivity index (χ1) is 6.54. The summed E-state index contributed by atoms with van der Waals surface area (Å²) in [7, 11) is 0. The van der Waals surface area contributed by atoms with E-state index in [4.69, 9.17) is 10.8 Å². The van der Waals surface area contributed by atoms with Gasteiger partial charge in [0, 0.05) is 18.1 Å². The van der Waals surface area contributed by atoms with Crippen LogP contribution in [0, 0.1) is 0 Å². The topological polar surface area (TPSA) is 83.6 Å². The highest BCUT2D eigenvalue weighted by Crippen LogP contribution is 2.18. The van der Waals surface area contributed by atoms with Crippen molar-refractivity contribution in [2.24, 2.45) is 5.73 Å². The summed E-state index contributed by atoms with van der Waals surface area (Å²) < 4.78 is 0. The second kappa shape index (κ2) is 4.65. The van der Waals surface area contributed by atoms with Crippen LogP contribution in [0.25, 0.3) is 0 Å². The zero-order chi connectivity index (χ0) is 10.7. The first-order valence-corrected chi connectivity index (χ1v) is 5.55. The van der Waals surface area contributed by atoms with Crippen LogP contribution >= 0.6 is 11.8 Å². The van der Waals surface area contributed by atoms with Crippen molar-refractivity contribution in [3.05, 3.63) is 0 Å². The molecule has 0 bridgehead atoms. The number of carboxylic acids is 1. The third kappa shape index (κ3) is 2.39. The third-order valence-electron chi connectivity index (χ3n) is 2.36. The third-order valence-corrected chi connectivity index (χ3v) is 3.39. The molecule has 0 spiro atoms. The summed E-state index contributed by atoms with van der Waals surface area (Å²) >= 11 is 1.59. The molecule has 1 aliphatic heterocycles. The Morgan fingerprint density at radius 3 is 2.79 bits per heavy atom. The lowest BCUT2D eigenvalue weighted by atomic mass is 10.2. The lowest BCUT2D eigenvalue weighted by Gasteiger charge is -2.35. The van der Waals surface area contributed by atoms with Gasteiger partial charge in [0.15, 0.2) is 0 Å². The quantitative estimate of drug-likeness (QED) is 0.658. The second-order valence-corrected chi connectivity index (χ2v) is 4.39. The second-order valence-electron chi connectivity index (χ2n) is 3.25. The lowest BCUT2D eigenvalue weighted by Crippen LogP contribution is -2.55. The van der Waals surface area contributed by atoms with Crippen LogP contribution in [-0.4, -0.2) is 52.0 Å². The van der Waals surface area contributed by atoms with E-state index in [0.29, 0.717) is 12.3 Å². The minimum Gasteiger partial charge on any atom is -0.480 e. The van der Waals surface area contributed by atoms with Crippen molar-refractivity contribution >= 4 is 23.6 Å². The number of amides is 1. The Morgan fingerprint density at radius 1 is 1.64 bits per heavy atom. The van der Waals surface area contributed by atoms with E-state index in [1.807, 2.05) is 0 Å². The number of hydrogen-bond acceptors (Lipinski definition) is 4. The standard InChI is InChI=1S/C8H14N2O3S/c1-5(7(9)11)10-2-3-14-4-6(10)8(12)13/h5-6H,2-4H2,1H3,(H2,9,11)(H,12,13). The largest absolute Gasteiger partial charge is 0.480 e. The van der Waals surface area contributed by atoms with Gasteiger partial charge in [0.1, 0.15) is 6.04 Å². The highest BCUT2D eigenvalue weighted by atomic mass is 32.2. The molecule has 0 radical (unpaired) electrons. The Labute approximate surface area is 86.6 Å². The minimum absolute atomic E-state index is 0.469. The molecule has 80 valence electrons. The number of hydrogen-bond donors (Lipinski definition) is 2. The van der Waals surface area contributed by atoms with E-state index in [2.05, 4.69) is 0 Å². The zero-order valence-corrected chi connectivity index (χ0v) is 8.79. The SMILES string of the molecule is CC(C(N)=O)N1CCSCC1C(=O)O. The summed E-state index contributed by atoms with van der Waals surface area (Å²) in [4.78, 5) is 23.5. The van der Waals surface area contributed by atoms with Gasteiger partial charge in [-0.1, -0.05) is 0 Å². The highest BCUT2D eigenvalue weighted by molar-refractivity contribution is 7.99. The van der Waals surface area contributed by atoms with Gasteiger partial charge in [-0.15, -0.1) is 0 Å². The van der Waals surface area contributed by atoms with Gasteiger partial charge in [0.05, 0.1) is 6.04 Å². The molecule has 0 aromatic rings. The number of primary amides is 1. The Bertz CT molecular complexity index is 247. The number of rotatable bonds is 3. The summed E-state index contributed by atoms with van der Waals surface area (Å²) in [6, 6.07) is -1.09. The Morgan fingerprint density at radius 2 is 2.29 bits per heavy atom. The number of nitrogens with two attached hydrogens (primary N) is 1. The van der Waals surface area contributed by atoms with Crippen LogP contribution in [0.5, 0.6) is 0 Å². The molecular formula is C8H14N2O3S. The number of thioether (sulfide) groups is 1. The first-order valence-electron chi connectivity index (χ1n) is 4.39. The number of carboxylic acid groups (broad SMARTS) is 1. The minimum atomic E-state index is -0.884. The van der Waals surface area contributed by atoms with Crippen LogP contribution in [-0.2, 0) is 9.59 Å². The lowest BCUT2D eigenvalue weighted by molar-refractivity contribution is -0.144. The predicted molar refractivity (Wildman–Crippen MR) is 54.1 cm³/mol. The van der Waals surface area contributed by atoms with Gasteiger partial charge in [0.25, 0.3) is 0 Å². The maximum atomic E-state index is 10.9. The zero-order valence-electron chi connectivity index (χ0n) is 7.97. The molecule has 2 atom stereocenters. The van der Waals surface area contributed by atoms with Crippen LogP contribution in [0.1, 0.15) is 6.92 Å². The number of carbonyl (C=O) groups is 2. The molecule has 5 nitrogen and oxygen atoms in total. The summed E-state index contributed by atoms with van der Waals surface area (Å²) in [5.74, 6) is 0.0161. The maximum Gasteiger partial charge on any atom is 0.321 e. The molecule has 1 aliphatic rings. The fourth-order valence-corrected chi connectivity index (χ4v) is 2.52. The van der Waals surface area contributed by atoms with Gasteiger partial charge in [-0.05, 0) is 6.92 Å². The van der Waals surface area contributed by atoms with Gasteiger partial charge in [0.2, 0.25) is 5.91 Å². The van der Waals surface area contributed by atoms with E-state index in [-0.39, 0.29) is 0 Å². The molecule has 2 unspecified atom stereocenters. The van der Waals surface area contributed by atoms with Gasteiger partial charge < -0.3 is 10.8 Å². The van der Waals surface area contributed by atoms with Crippen molar-refractivity contribution in [1.82, 2.24) is 4.90 Å². The van der Waals surface area contributed by atoms with Crippen molar-refractivity contribution in [3.8, 4) is 0 Å². The van der Waals surface area contributed by atoms with E-state index in [9.17, 15) is 9.59 Å². The van der Waals surface area contributed by atoms with Gasteiger partial charge in [-0.25, -0.2) is 0 Å². The summed E-state index contributed by atoms with van der Waals surface area (Å²) in [6.45, 7) is 2.25. The van der Waals surface area contributed by atoms with Crippen molar-refractivity contribution in [1.29, 1.82) is 0 Å². The number of carbonyl (C=O) groups excluding carboxylic acids is 1. The van der Waals surface area contributed by atoms with E-state index in [1.165, 1.54) is 0 Å². The maximum absolute atomic E-state index is 10.9. The fourth-order valence-electron chi connectivity index (χ4n) is 1.46. The molecule has 3 N–H and O–H groups in total. The van der Waals surface area contributed by atoms with Crippen molar-refractivity contribution in [2.45, 2.75) is 19.0 Å². The van der Waals surface area contributed by atoms with Crippen LogP contribution in [0.15, 0.2) is 0 Å². The summed E-state index contributed by atoms with van der Waals surface area (Å²) in [5.41, 5.74) is 5.15. The van der Waals surface area contributed by atoms with E-state index in [1.54, 1.807) is 23.6 Å². The predicted octanol–water partition coefficient (Wildman–Crippen LogP) is -0.638.